The molecule has 0 aromatic rings. The van der Waals surface area contributed by atoms with Gasteiger partial charge in [-0.1, -0.05) is 37.6 Å². The highest BCUT2D eigenvalue weighted by Gasteiger charge is 2.26. The van der Waals surface area contributed by atoms with Crippen LogP contribution in [0.15, 0.2) is 23.8 Å². The molecule has 2 nitrogen and oxygen atoms in total. The normalized spacial score (nSPS) is 22.4. The molecular weight excluding hydrogens is 200 g/mol. The van der Waals surface area contributed by atoms with Crippen molar-refractivity contribution in [3.63, 3.8) is 0 Å². The summed E-state index contributed by atoms with van der Waals surface area (Å²) in [4.78, 5) is 10.9. The Balaban J connectivity index is 2.65. The van der Waals surface area contributed by atoms with Gasteiger partial charge in [-0.25, -0.2) is 0 Å². The summed E-state index contributed by atoms with van der Waals surface area (Å²) in [7, 11) is 0. The Bertz CT molecular complexity index is 333. The van der Waals surface area contributed by atoms with Crippen molar-refractivity contribution in [1.82, 2.24) is 0 Å². The predicted molar refractivity (Wildman–Crippen MR) is 66.3 cm³/mol. The van der Waals surface area contributed by atoms with Crippen molar-refractivity contribution in [3.05, 3.63) is 23.8 Å². The Morgan fingerprint density at radius 3 is 2.62 bits per heavy atom. The minimum atomic E-state index is -0.732. The van der Waals surface area contributed by atoms with Crippen LogP contribution in [0.5, 0.6) is 0 Å². The molecule has 0 heterocycles. The molecule has 0 unspecified atom stereocenters. The van der Waals surface area contributed by atoms with Crippen molar-refractivity contribution in [1.29, 1.82) is 0 Å². The summed E-state index contributed by atoms with van der Waals surface area (Å²) >= 11 is 0. The van der Waals surface area contributed by atoms with Crippen LogP contribution in [0.4, 0.5) is 0 Å². The third-order valence-corrected chi connectivity index (χ3v) is 3.26. The van der Waals surface area contributed by atoms with Gasteiger partial charge in [0, 0.05) is 0 Å². The molecule has 0 bridgehead atoms. The first-order valence-corrected chi connectivity index (χ1v) is 5.85. The van der Waals surface area contributed by atoms with Gasteiger partial charge in [0.15, 0.2) is 0 Å². The molecule has 0 aliphatic heterocycles. The highest BCUT2D eigenvalue weighted by molar-refractivity contribution is 5.73. The molecule has 1 N–H and O–H groups in total. The molecule has 0 saturated heterocycles. The Morgan fingerprint density at radius 2 is 2.19 bits per heavy atom. The van der Waals surface area contributed by atoms with Gasteiger partial charge in [-0.3, -0.25) is 4.79 Å². The molecule has 0 radical (unpaired) electrons. The van der Waals surface area contributed by atoms with Crippen molar-refractivity contribution >= 4 is 5.97 Å². The fourth-order valence-corrected chi connectivity index (χ4v) is 1.61. The molecule has 0 aromatic heterocycles. The van der Waals surface area contributed by atoms with E-state index in [4.69, 9.17) is 5.11 Å². The lowest BCUT2D eigenvalue weighted by Gasteiger charge is -2.25. The summed E-state index contributed by atoms with van der Waals surface area (Å²) in [6, 6.07) is 0. The number of hydrogen-bond acceptors (Lipinski definition) is 1. The molecule has 1 aliphatic carbocycles. The number of hydrogen-bond donors (Lipinski definition) is 1. The Morgan fingerprint density at radius 1 is 1.56 bits per heavy atom. The van der Waals surface area contributed by atoms with E-state index in [-0.39, 0.29) is 0 Å². The third-order valence-electron chi connectivity index (χ3n) is 3.26. The summed E-state index contributed by atoms with van der Waals surface area (Å²) in [5.41, 5.74) is 0.904. The first-order valence-electron chi connectivity index (χ1n) is 5.85. The molecule has 0 fully saturated rings. The van der Waals surface area contributed by atoms with Crippen molar-refractivity contribution < 1.29 is 9.90 Å². The van der Waals surface area contributed by atoms with E-state index in [0.29, 0.717) is 11.8 Å². The van der Waals surface area contributed by atoms with Crippen molar-refractivity contribution in [2.45, 2.75) is 47.0 Å². The van der Waals surface area contributed by atoms with E-state index in [9.17, 15) is 4.79 Å². The lowest BCUT2D eigenvalue weighted by atomic mass is 9.80. The largest absolute Gasteiger partial charge is 0.481 e. The number of carboxylic acids is 1. The number of allylic oxidation sites excluding steroid dienone is 4. The summed E-state index contributed by atoms with van der Waals surface area (Å²) in [5.74, 6) is -0.732. The summed E-state index contributed by atoms with van der Waals surface area (Å²) < 4.78 is 0. The fourth-order valence-electron chi connectivity index (χ4n) is 1.61. The van der Waals surface area contributed by atoms with E-state index in [1.807, 2.05) is 0 Å². The average Bonchev–Trinajstić information content (AvgIpc) is 2.16. The first kappa shape index (κ1) is 13.0. The first-order chi connectivity index (χ1) is 7.23. The Hall–Kier alpha value is -1.05. The quantitative estimate of drug-likeness (QED) is 0.788. The van der Waals surface area contributed by atoms with Crippen LogP contribution in [0, 0.1) is 10.8 Å². The molecule has 90 valence electrons. The zero-order valence-electron chi connectivity index (χ0n) is 10.7. The summed E-state index contributed by atoms with van der Waals surface area (Å²) in [6.07, 6.45) is 9.22. The minimum Gasteiger partial charge on any atom is -0.481 e. The number of rotatable bonds is 3. The second-order valence-corrected chi connectivity index (χ2v) is 5.99. The summed E-state index contributed by atoms with van der Waals surface area (Å²) in [5, 5.41) is 9.01. The smallest absolute Gasteiger partial charge is 0.309 e. The second-order valence-electron chi connectivity index (χ2n) is 5.99. The zero-order chi connectivity index (χ0) is 12.4. The van der Waals surface area contributed by atoms with Crippen LogP contribution < -0.4 is 0 Å². The zero-order valence-corrected chi connectivity index (χ0v) is 10.7. The molecule has 0 atom stereocenters. The van der Waals surface area contributed by atoms with Gasteiger partial charge in [0.1, 0.15) is 0 Å². The molecule has 0 aromatic carbocycles. The predicted octanol–water partition coefficient (Wildman–Crippen LogP) is 3.79. The van der Waals surface area contributed by atoms with E-state index in [0.717, 1.165) is 12.8 Å². The molecule has 0 spiro atoms. The van der Waals surface area contributed by atoms with E-state index in [1.54, 1.807) is 13.8 Å². The van der Waals surface area contributed by atoms with Gasteiger partial charge in [-0.05, 0) is 38.5 Å². The molecule has 0 amide bonds. The second kappa shape index (κ2) is 4.44. The van der Waals surface area contributed by atoms with Crippen LogP contribution in [-0.2, 0) is 4.79 Å². The lowest BCUT2D eigenvalue weighted by Crippen LogP contribution is -2.22. The standard InChI is InChI=1S/C14H22O2/c1-13(2)8-5-11(6-9-13)7-10-14(3,4)12(15)16/h5,7-8H,6,9-10H2,1-4H3,(H,15,16)/b11-7+. The van der Waals surface area contributed by atoms with Gasteiger partial charge in [0.2, 0.25) is 0 Å². The molecule has 0 saturated carbocycles. The molecule has 1 rings (SSSR count). The van der Waals surface area contributed by atoms with Crippen LogP contribution in [0.2, 0.25) is 0 Å². The van der Waals surface area contributed by atoms with E-state index in [2.05, 4.69) is 32.1 Å². The van der Waals surface area contributed by atoms with Crippen molar-refractivity contribution in [3.8, 4) is 0 Å². The van der Waals surface area contributed by atoms with Gasteiger partial charge in [-0.15, -0.1) is 0 Å². The van der Waals surface area contributed by atoms with Crippen LogP contribution in [-0.4, -0.2) is 11.1 Å². The van der Waals surface area contributed by atoms with Gasteiger partial charge in [0.25, 0.3) is 0 Å². The number of carbonyl (C=O) groups is 1. The minimum absolute atomic E-state index is 0.291. The van der Waals surface area contributed by atoms with Crippen LogP contribution in [0.25, 0.3) is 0 Å². The highest BCUT2D eigenvalue weighted by Crippen LogP contribution is 2.33. The van der Waals surface area contributed by atoms with Gasteiger partial charge >= 0.3 is 5.97 Å². The monoisotopic (exact) mass is 222 g/mol. The van der Waals surface area contributed by atoms with E-state index >= 15 is 0 Å². The maximum absolute atomic E-state index is 10.9. The average molecular weight is 222 g/mol. The van der Waals surface area contributed by atoms with Crippen LogP contribution in [0.3, 0.4) is 0 Å². The lowest BCUT2D eigenvalue weighted by molar-refractivity contribution is -0.146. The number of aliphatic carboxylic acids is 1. The topological polar surface area (TPSA) is 37.3 Å². The molecule has 16 heavy (non-hydrogen) atoms. The van der Waals surface area contributed by atoms with E-state index < -0.39 is 11.4 Å². The van der Waals surface area contributed by atoms with Gasteiger partial charge < -0.3 is 5.11 Å². The van der Waals surface area contributed by atoms with E-state index in [1.165, 1.54) is 5.57 Å². The Kier molecular flexibility index (Phi) is 3.61. The van der Waals surface area contributed by atoms with Gasteiger partial charge in [-0.2, -0.15) is 0 Å². The Labute approximate surface area is 98.1 Å². The molecule has 2 heteroatoms. The fraction of sp³-hybridized carbons (Fsp3) is 0.643. The van der Waals surface area contributed by atoms with Gasteiger partial charge in [0.05, 0.1) is 5.41 Å². The SMILES string of the molecule is CC1(C)C=C/C(=C\CC(C)(C)C(=O)O)CC1. The van der Waals surface area contributed by atoms with Crippen molar-refractivity contribution in [2.75, 3.05) is 0 Å². The number of carboxylic acid groups (broad SMARTS) is 1. The highest BCUT2D eigenvalue weighted by atomic mass is 16.4. The maximum atomic E-state index is 10.9. The summed E-state index contributed by atoms with van der Waals surface area (Å²) in [6.45, 7) is 7.98. The van der Waals surface area contributed by atoms with Crippen molar-refractivity contribution in [2.24, 2.45) is 10.8 Å². The molecular formula is C14H22O2. The molecule has 1 aliphatic rings. The van der Waals surface area contributed by atoms with Crippen LogP contribution in [0.1, 0.15) is 47.0 Å². The maximum Gasteiger partial charge on any atom is 0.309 e. The third kappa shape index (κ3) is 3.51. The van der Waals surface area contributed by atoms with Crippen LogP contribution >= 0.6 is 0 Å².